The van der Waals surface area contributed by atoms with Crippen LogP contribution in [0.3, 0.4) is 0 Å². The quantitative estimate of drug-likeness (QED) is 0.887. The molecule has 5 nitrogen and oxygen atoms in total. The minimum atomic E-state index is 0.198. The molecule has 1 aromatic heterocycles. The Labute approximate surface area is 123 Å². The van der Waals surface area contributed by atoms with E-state index in [1.807, 2.05) is 26.0 Å². The Morgan fingerprint density at radius 2 is 2.20 bits per heavy atom. The molecular weight excluding hydrogens is 278 g/mol. The Morgan fingerprint density at radius 3 is 2.85 bits per heavy atom. The summed E-state index contributed by atoms with van der Waals surface area (Å²) in [4.78, 5) is 4.26. The second kappa shape index (κ2) is 6.72. The molecule has 0 spiro atoms. The maximum Gasteiger partial charge on any atom is 0.229 e. The van der Waals surface area contributed by atoms with Crippen LogP contribution in [0.15, 0.2) is 22.7 Å². The lowest BCUT2D eigenvalue weighted by Crippen LogP contribution is -2.06. The fourth-order valence-electron chi connectivity index (χ4n) is 1.76. The lowest BCUT2D eigenvalue weighted by atomic mass is 10.1. The van der Waals surface area contributed by atoms with Gasteiger partial charge in [-0.2, -0.15) is 4.98 Å². The van der Waals surface area contributed by atoms with E-state index in [1.165, 1.54) is 0 Å². The van der Waals surface area contributed by atoms with Crippen molar-refractivity contribution in [2.24, 2.45) is 5.73 Å². The zero-order valence-corrected chi connectivity index (χ0v) is 12.4. The van der Waals surface area contributed by atoms with Crippen LogP contribution in [-0.4, -0.2) is 16.7 Å². The molecule has 1 heterocycles. The van der Waals surface area contributed by atoms with Gasteiger partial charge in [-0.3, -0.25) is 0 Å². The summed E-state index contributed by atoms with van der Waals surface area (Å²) in [5, 5.41) is 4.44. The first-order chi connectivity index (χ1) is 9.61. The summed E-state index contributed by atoms with van der Waals surface area (Å²) in [5.41, 5.74) is 6.56. The molecule has 0 aliphatic rings. The lowest BCUT2D eigenvalue weighted by molar-refractivity contribution is 0.282. The van der Waals surface area contributed by atoms with Crippen LogP contribution in [0, 0.1) is 0 Å². The number of ether oxygens (including phenoxy) is 1. The third-order valence-corrected chi connectivity index (χ3v) is 3.08. The first-order valence-electron chi connectivity index (χ1n) is 6.54. The Morgan fingerprint density at radius 1 is 1.40 bits per heavy atom. The van der Waals surface area contributed by atoms with Gasteiger partial charge in [0.15, 0.2) is 6.61 Å². The van der Waals surface area contributed by atoms with Gasteiger partial charge >= 0.3 is 0 Å². The molecule has 0 radical (unpaired) electrons. The molecule has 0 fully saturated rings. The lowest BCUT2D eigenvalue weighted by Gasteiger charge is -2.11. The third-order valence-electron chi connectivity index (χ3n) is 2.79. The minimum Gasteiger partial charge on any atom is -0.484 e. The zero-order chi connectivity index (χ0) is 14.5. The third kappa shape index (κ3) is 3.49. The second-order valence-corrected chi connectivity index (χ2v) is 5.17. The molecule has 2 aromatic rings. The van der Waals surface area contributed by atoms with Gasteiger partial charge in [-0.15, -0.1) is 0 Å². The van der Waals surface area contributed by atoms with Crippen LogP contribution in [0.4, 0.5) is 0 Å². The second-order valence-electron chi connectivity index (χ2n) is 4.76. The van der Waals surface area contributed by atoms with Crippen molar-refractivity contribution in [1.29, 1.82) is 0 Å². The Balaban J connectivity index is 2.09. The normalized spacial score (nSPS) is 11.1. The van der Waals surface area contributed by atoms with Gasteiger partial charge in [0.2, 0.25) is 11.7 Å². The summed E-state index contributed by atoms with van der Waals surface area (Å²) in [6.45, 7) is 4.74. The molecule has 0 unspecified atom stereocenters. The highest BCUT2D eigenvalue weighted by atomic mass is 35.5. The highest BCUT2D eigenvalue weighted by Crippen LogP contribution is 2.29. The molecule has 1 aromatic carbocycles. The number of hydrogen-bond acceptors (Lipinski definition) is 5. The SMILES string of the molecule is CC(C)c1nc(COc2c(Cl)cccc2CCN)no1. The summed E-state index contributed by atoms with van der Waals surface area (Å²) in [5.74, 6) is 1.94. The summed E-state index contributed by atoms with van der Waals surface area (Å²) in [7, 11) is 0. The Kier molecular flexibility index (Phi) is 4.98. The van der Waals surface area contributed by atoms with E-state index in [-0.39, 0.29) is 12.5 Å². The highest BCUT2D eigenvalue weighted by molar-refractivity contribution is 6.32. The van der Waals surface area contributed by atoms with E-state index < -0.39 is 0 Å². The van der Waals surface area contributed by atoms with Gasteiger partial charge in [0.1, 0.15) is 5.75 Å². The number of hydrogen-bond donors (Lipinski definition) is 1. The van der Waals surface area contributed by atoms with E-state index in [0.29, 0.717) is 35.5 Å². The van der Waals surface area contributed by atoms with Crippen LogP contribution in [0.25, 0.3) is 0 Å². The first-order valence-corrected chi connectivity index (χ1v) is 6.92. The first kappa shape index (κ1) is 14.8. The van der Waals surface area contributed by atoms with E-state index in [4.69, 9.17) is 26.6 Å². The van der Waals surface area contributed by atoms with Crippen molar-refractivity contribution in [2.45, 2.75) is 32.8 Å². The average molecular weight is 296 g/mol. The molecule has 0 amide bonds. The minimum absolute atomic E-state index is 0.198. The Hall–Kier alpha value is -1.59. The van der Waals surface area contributed by atoms with Crippen LogP contribution in [0.2, 0.25) is 5.02 Å². The molecule has 0 aliphatic carbocycles. The van der Waals surface area contributed by atoms with Crippen molar-refractivity contribution in [3.05, 3.63) is 40.5 Å². The smallest absolute Gasteiger partial charge is 0.229 e. The van der Waals surface area contributed by atoms with Gasteiger partial charge in [-0.1, -0.05) is 42.7 Å². The number of halogens is 1. The van der Waals surface area contributed by atoms with E-state index >= 15 is 0 Å². The van der Waals surface area contributed by atoms with Crippen LogP contribution in [-0.2, 0) is 13.0 Å². The van der Waals surface area contributed by atoms with Gasteiger partial charge in [0.05, 0.1) is 5.02 Å². The van der Waals surface area contributed by atoms with E-state index in [2.05, 4.69) is 10.1 Å². The van der Waals surface area contributed by atoms with Crippen LogP contribution in [0.1, 0.15) is 37.0 Å². The number of rotatable bonds is 6. The Bertz CT molecular complexity index is 569. The predicted octanol–water partition coefficient (Wildman–Crippen LogP) is 2.93. The van der Waals surface area contributed by atoms with Crippen molar-refractivity contribution >= 4 is 11.6 Å². The van der Waals surface area contributed by atoms with Crippen molar-refractivity contribution < 1.29 is 9.26 Å². The summed E-state index contributed by atoms with van der Waals surface area (Å²) in [6, 6.07) is 5.61. The fraction of sp³-hybridized carbons (Fsp3) is 0.429. The van der Waals surface area contributed by atoms with Crippen LogP contribution >= 0.6 is 11.6 Å². The molecule has 0 saturated carbocycles. The van der Waals surface area contributed by atoms with Crippen molar-refractivity contribution in [3.63, 3.8) is 0 Å². The largest absolute Gasteiger partial charge is 0.484 e. The van der Waals surface area contributed by atoms with Crippen molar-refractivity contribution in [1.82, 2.24) is 10.1 Å². The molecule has 108 valence electrons. The van der Waals surface area contributed by atoms with Crippen LogP contribution < -0.4 is 10.5 Å². The molecule has 0 aliphatic heterocycles. The maximum atomic E-state index is 6.16. The van der Waals surface area contributed by atoms with Crippen LogP contribution in [0.5, 0.6) is 5.75 Å². The topological polar surface area (TPSA) is 74.2 Å². The van der Waals surface area contributed by atoms with Gasteiger partial charge in [0, 0.05) is 5.92 Å². The molecule has 0 atom stereocenters. The number of para-hydroxylation sites is 1. The molecule has 2 rings (SSSR count). The summed E-state index contributed by atoms with van der Waals surface area (Å²) >= 11 is 6.16. The van der Waals surface area contributed by atoms with Gasteiger partial charge in [-0.05, 0) is 24.6 Å². The van der Waals surface area contributed by atoms with Gasteiger partial charge in [0.25, 0.3) is 0 Å². The molecule has 0 bridgehead atoms. The summed E-state index contributed by atoms with van der Waals surface area (Å²) < 4.78 is 10.9. The molecule has 6 heteroatoms. The molecule has 2 N–H and O–H groups in total. The van der Waals surface area contributed by atoms with Crippen molar-refractivity contribution in [3.8, 4) is 5.75 Å². The zero-order valence-electron chi connectivity index (χ0n) is 11.6. The molecule has 0 saturated heterocycles. The standard InChI is InChI=1S/C14H18ClN3O2/c1-9(2)14-17-12(18-20-14)8-19-13-10(6-7-16)4-3-5-11(13)15/h3-5,9H,6-8,16H2,1-2H3. The van der Waals surface area contributed by atoms with Crippen molar-refractivity contribution in [2.75, 3.05) is 6.54 Å². The molecule has 20 heavy (non-hydrogen) atoms. The van der Waals surface area contributed by atoms with E-state index in [0.717, 1.165) is 5.56 Å². The number of aromatic nitrogens is 2. The number of nitrogens with zero attached hydrogens (tertiary/aromatic N) is 2. The fourth-order valence-corrected chi connectivity index (χ4v) is 2.01. The monoisotopic (exact) mass is 295 g/mol. The predicted molar refractivity (Wildman–Crippen MR) is 76.9 cm³/mol. The highest BCUT2D eigenvalue weighted by Gasteiger charge is 2.12. The van der Waals surface area contributed by atoms with E-state index in [1.54, 1.807) is 6.07 Å². The van der Waals surface area contributed by atoms with E-state index in [9.17, 15) is 0 Å². The molecular formula is C14H18ClN3O2. The maximum absolute atomic E-state index is 6.16. The van der Waals surface area contributed by atoms with Gasteiger partial charge in [-0.25, -0.2) is 0 Å². The van der Waals surface area contributed by atoms with Gasteiger partial charge < -0.3 is 15.0 Å². The number of nitrogens with two attached hydrogens (primary N) is 1. The average Bonchev–Trinajstić information content (AvgIpc) is 2.87. The number of benzene rings is 1. The summed E-state index contributed by atoms with van der Waals surface area (Å²) in [6.07, 6.45) is 0.708.